The van der Waals surface area contributed by atoms with E-state index in [-0.39, 0.29) is 0 Å². The summed E-state index contributed by atoms with van der Waals surface area (Å²) < 4.78 is 5.37. The number of nitrogens with zero attached hydrogens (tertiary/aromatic N) is 2. The first-order valence-corrected chi connectivity index (χ1v) is 6.98. The molecule has 0 radical (unpaired) electrons. The van der Waals surface area contributed by atoms with E-state index in [1.807, 2.05) is 25.4 Å². The van der Waals surface area contributed by atoms with E-state index < -0.39 is 0 Å². The summed E-state index contributed by atoms with van der Waals surface area (Å²) in [5.41, 5.74) is 2.40. The monoisotopic (exact) mass is 273 g/mol. The van der Waals surface area contributed by atoms with Crippen LogP contribution in [0.3, 0.4) is 0 Å². The van der Waals surface area contributed by atoms with Crippen molar-refractivity contribution in [1.82, 2.24) is 10.3 Å². The number of anilines is 1. The third kappa shape index (κ3) is 3.84. The molecule has 0 aromatic carbocycles. The van der Waals surface area contributed by atoms with E-state index >= 15 is 0 Å². The normalized spacial score (nSPS) is 11.1. The maximum Gasteiger partial charge on any atom is 0.131 e. The second-order valence-electron chi connectivity index (χ2n) is 5.46. The van der Waals surface area contributed by atoms with Gasteiger partial charge in [-0.3, -0.25) is 0 Å². The van der Waals surface area contributed by atoms with Crippen LogP contribution in [-0.4, -0.2) is 18.1 Å². The fourth-order valence-electron chi connectivity index (χ4n) is 2.16. The van der Waals surface area contributed by atoms with Gasteiger partial charge in [-0.1, -0.05) is 13.8 Å². The quantitative estimate of drug-likeness (QED) is 0.878. The van der Waals surface area contributed by atoms with Gasteiger partial charge in [0.05, 0.1) is 12.8 Å². The summed E-state index contributed by atoms with van der Waals surface area (Å²) in [5, 5.41) is 3.41. The molecule has 1 N–H and O–H groups in total. The summed E-state index contributed by atoms with van der Waals surface area (Å²) in [5.74, 6) is 1.94. The molecule has 2 heterocycles. The Morgan fingerprint density at radius 1 is 1.40 bits per heavy atom. The Balaban J connectivity index is 2.05. The van der Waals surface area contributed by atoms with Gasteiger partial charge in [0, 0.05) is 25.8 Å². The summed E-state index contributed by atoms with van der Waals surface area (Å²) in [7, 11) is 2.03. The van der Waals surface area contributed by atoms with Crippen LogP contribution in [0, 0.1) is 6.92 Å². The van der Waals surface area contributed by atoms with Crippen molar-refractivity contribution in [3.63, 3.8) is 0 Å². The zero-order valence-electron chi connectivity index (χ0n) is 12.7. The lowest BCUT2D eigenvalue weighted by molar-refractivity contribution is 0.506. The van der Waals surface area contributed by atoms with Crippen molar-refractivity contribution in [3.8, 4) is 0 Å². The molecule has 0 aliphatic carbocycles. The summed E-state index contributed by atoms with van der Waals surface area (Å²) >= 11 is 0. The van der Waals surface area contributed by atoms with Crippen LogP contribution in [-0.2, 0) is 13.1 Å². The van der Waals surface area contributed by atoms with Gasteiger partial charge in [-0.15, -0.1) is 0 Å². The van der Waals surface area contributed by atoms with Gasteiger partial charge in [-0.2, -0.15) is 0 Å². The Kier molecular flexibility index (Phi) is 4.79. The highest BCUT2D eigenvalue weighted by atomic mass is 16.3. The molecule has 20 heavy (non-hydrogen) atoms. The molecule has 0 unspecified atom stereocenters. The van der Waals surface area contributed by atoms with E-state index in [4.69, 9.17) is 4.42 Å². The topological polar surface area (TPSA) is 41.3 Å². The van der Waals surface area contributed by atoms with Crippen LogP contribution in [0.25, 0.3) is 0 Å². The largest absolute Gasteiger partial charge is 0.467 e. The van der Waals surface area contributed by atoms with Gasteiger partial charge in [-0.25, -0.2) is 4.98 Å². The molecular weight excluding hydrogens is 250 g/mol. The van der Waals surface area contributed by atoms with E-state index in [1.54, 1.807) is 6.26 Å². The number of rotatable bonds is 6. The first-order valence-electron chi connectivity index (χ1n) is 6.98. The van der Waals surface area contributed by atoms with E-state index in [9.17, 15) is 0 Å². The van der Waals surface area contributed by atoms with Crippen molar-refractivity contribution in [2.75, 3.05) is 11.9 Å². The molecule has 2 aromatic rings. The molecule has 0 atom stereocenters. The molecule has 0 amide bonds. The van der Waals surface area contributed by atoms with Crippen LogP contribution in [0.15, 0.2) is 35.1 Å². The van der Waals surface area contributed by atoms with Crippen LogP contribution < -0.4 is 10.2 Å². The van der Waals surface area contributed by atoms with Crippen molar-refractivity contribution >= 4 is 5.82 Å². The standard InChI is InChI=1S/C16H23N3O/c1-12(2)17-9-14-8-13(3)16(18-10-14)19(4)11-15-6-5-7-20-15/h5-8,10,12,17H,9,11H2,1-4H3. The number of furan rings is 1. The minimum Gasteiger partial charge on any atom is -0.467 e. The van der Waals surface area contributed by atoms with Crippen molar-refractivity contribution in [1.29, 1.82) is 0 Å². The molecule has 0 saturated carbocycles. The van der Waals surface area contributed by atoms with Crippen LogP contribution in [0.5, 0.6) is 0 Å². The van der Waals surface area contributed by atoms with Gasteiger partial charge in [0.25, 0.3) is 0 Å². The van der Waals surface area contributed by atoms with E-state index in [2.05, 4.69) is 42.0 Å². The molecule has 4 heteroatoms. The van der Waals surface area contributed by atoms with E-state index in [1.165, 1.54) is 11.1 Å². The average molecular weight is 273 g/mol. The summed E-state index contributed by atoms with van der Waals surface area (Å²) in [6.07, 6.45) is 3.64. The fourth-order valence-corrected chi connectivity index (χ4v) is 2.16. The number of aryl methyl sites for hydroxylation is 1. The molecule has 108 valence electrons. The smallest absolute Gasteiger partial charge is 0.131 e. The Bertz CT molecular complexity index is 535. The van der Waals surface area contributed by atoms with Crippen molar-refractivity contribution in [2.24, 2.45) is 0 Å². The van der Waals surface area contributed by atoms with Gasteiger partial charge in [0.15, 0.2) is 0 Å². The van der Waals surface area contributed by atoms with Crippen molar-refractivity contribution in [2.45, 2.75) is 39.9 Å². The Morgan fingerprint density at radius 2 is 2.20 bits per heavy atom. The first-order chi connectivity index (χ1) is 9.56. The molecule has 0 fully saturated rings. The Hall–Kier alpha value is -1.81. The highest BCUT2D eigenvalue weighted by Gasteiger charge is 2.09. The average Bonchev–Trinajstić information content (AvgIpc) is 2.89. The molecule has 0 aliphatic rings. The zero-order chi connectivity index (χ0) is 14.5. The lowest BCUT2D eigenvalue weighted by Crippen LogP contribution is -2.22. The molecule has 0 spiro atoms. The van der Waals surface area contributed by atoms with Crippen LogP contribution in [0.1, 0.15) is 30.7 Å². The minimum absolute atomic E-state index is 0.483. The predicted octanol–water partition coefficient (Wildman–Crippen LogP) is 3.12. The second-order valence-corrected chi connectivity index (χ2v) is 5.46. The molecule has 0 saturated heterocycles. The third-order valence-electron chi connectivity index (χ3n) is 3.16. The minimum atomic E-state index is 0.483. The Labute approximate surface area is 120 Å². The van der Waals surface area contributed by atoms with Crippen LogP contribution in [0.4, 0.5) is 5.82 Å². The summed E-state index contributed by atoms with van der Waals surface area (Å²) in [6.45, 7) is 7.97. The Morgan fingerprint density at radius 3 is 2.80 bits per heavy atom. The summed E-state index contributed by atoms with van der Waals surface area (Å²) in [4.78, 5) is 6.69. The van der Waals surface area contributed by atoms with E-state index in [0.717, 1.165) is 24.7 Å². The molecule has 2 rings (SSSR count). The molecule has 0 bridgehead atoms. The van der Waals surface area contributed by atoms with Gasteiger partial charge >= 0.3 is 0 Å². The number of nitrogens with one attached hydrogen (secondary N) is 1. The number of hydrogen-bond acceptors (Lipinski definition) is 4. The maximum atomic E-state index is 5.37. The number of aromatic nitrogens is 1. The lowest BCUT2D eigenvalue weighted by atomic mass is 10.2. The fraction of sp³-hybridized carbons (Fsp3) is 0.438. The second kappa shape index (κ2) is 6.57. The molecule has 0 aliphatic heterocycles. The molecule has 2 aromatic heterocycles. The number of hydrogen-bond donors (Lipinski definition) is 1. The van der Waals surface area contributed by atoms with Gasteiger partial charge in [0.1, 0.15) is 11.6 Å². The van der Waals surface area contributed by atoms with Gasteiger partial charge in [0.2, 0.25) is 0 Å². The van der Waals surface area contributed by atoms with Crippen molar-refractivity contribution in [3.05, 3.63) is 47.5 Å². The first kappa shape index (κ1) is 14.6. The summed E-state index contributed by atoms with van der Waals surface area (Å²) in [6, 6.07) is 6.56. The SMILES string of the molecule is Cc1cc(CNC(C)C)cnc1N(C)Cc1ccco1. The lowest BCUT2D eigenvalue weighted by Gasteiger charge is -2.19. The molecule has 4 nitrogen and oxygen atoms in total. The third-order valence-corrected chi connectivity index (χ3v) is 3.16. The van der Waals surface area contributed by atoms with Gasteiger partial charge < -0.3 is 14.6 Å². The van der Waals surface area contributed by atoms with Crippen LogP contribution in [0.2, 0.25) is 0 Å². The van der Waals surface area contributed by atoms with Crippen molar-refractivity contribution < 1.29 is 4.42 Å². The zero-order valence-corrected chi connectivity index (χ0v) is 12.7. The number of pyridine rings is 1. The van der Waals surface area contributed by atoms with Crippen LogP contribution >= 0.6 is 0 Å². The maximum absolute atomic E-state index is 5.37. The highest BCUT2D eigenvalue weighted by Crippen LogP contribution is 2.19. The predicted molar refractivity (Wildman–Crippen MR) is 81.8 cm³/mol. The molecular formula is C16H23N3O. The van der Waals surface area contributed by atoms with Gasteiger partial charge in [-0.05, 0) is 36.2 Å². The highest BCUT2D eigenvalue weighted by molar-refractivity contribution is 5.46. The van der Waals surface area contributed by atoms with E-state index in [0.29, 0.717) is 6.04 Å².